The summed E-state index contributed by atoms with van der Waals surface area (Å²) in [4.78, 5) is 15.9. The molecule has 1 heterocycles. The van der Waals surface area contributed by atoms with Gasteiger partial charge < -0.3 is 4.74 Å². The molecule has 0 amide bonds. The minimum Gasteiger partial charge on any atom is -0.497 e. The standard InChI is InChI=1S/C14H10F3NO2/c1-20-10-4-5-12(14(15,16)17)11(7-10)13(19)9-3-2-6-18-8-9/h2-8H,1H3. The first-order chi connectivity index (χ1) is 9.43. The number of pyridine rings is 1. The van der Waals surface area contributed by atoms with Crippen molar-refractivity contribution in [1.29, 1.82) is 0 Å². The van der Waals surface area contributed by atoms with E-state index in [2.05, 4.69) is 4.98 Å². The van der Waals surface area contributed by atoms with Crippen molar-refractivity contribution in [2.45, 2.75) is 6.18 Å². The lowest BCUT2D eigenvalue weighted by atomic mass is 9.98. The van der Waals surface area contributed by atoms with E-state index in [-0.39, 0.29) is 11.3 Å². The lowest BCUT2D eigenvalue weighted by Gasteiger charge is -2.13. The number of carbonyl (C=O) groups is 1. The Morgan fingerprint density at radius 2 is 2.00 bits per heavy atom. The Hall–Kier alpha value is -2.37. The van der Waals surface area contributed by atoms with Gasteiger partial charge in [0.2, 0.25) is 0 Å². The average molecular weight is 281 g/mol. The van der Waals surface area contributed by atoms with Gasteiger partial charge in [0.25, 0.3) is 0 Å². The summed E-state index contributed by atoms with van der Waals surface area (Å²) >= 11 is 0. The van der Waals surface area contributed by atoms with Crippen molar-refractivity contribution in [3.05, 3.63) is 59.4 Å². The molecular formula is C14H10F3NO2. The summed E-state index contributed by atoms with van der Waals surface area (Å²) in [6.45, 7) is 0. The molecule has 2 aromatic rings. The number of rotatable bonds is 3. The zero-order valence-corrected chi connectivity index (χ0v) is 10.4. The van der Waals surface area contributed by atoms with Crippen LogP contribution in [0.4, 0.5) is 13.2 Å². The Balaban J connectivity index is 2.56. The van der Waals surface area contributed by atoms with Crippen molar-refractivity contribution in [1.82, 2.24) is 4.98 Å². The second kappa shape index (κ2) is 5.32. The number of alkyl halides is 3. The third-order valence-electron chi connectivity index (χ3n) is 2.70. The maximum atomic E-state index is 13.0. The molecule has 0 aliphatic heterocycles. The van der Waals surface area contributed by atoms with E-state index in [1.165, 1.54) is 37.7 Å². The third-order valence-corrected chi connectivity index (χ3v) is 2.70. The minimum absolute atomic E-state index is 0.0891. The second-order valence-electron chi connectivity index (χ2n) is 3.98. The summed E-state index contributed by atoms with van der Waals surface area (Å²) in [7, 11) is 1.32. The van der Waals surface area contributed by atoms with Crippen LogP contribution >= 0.6 is 0 Å². The van der Waals surface area contributed by atoms with Crippen LogP contribution in [0.5, 0.6) is 5.75 Å². The number of halogens is 3. The van der Waals surface area contributed by atoms with E-state index in [9.17, 15) is 18.0 Å². The topological polar surface area (TPSA) is 39.2 Å². The molecule has 20 heavy (non-hydrogen) atoms. The molecule has 0 saturated carbocycles. The monoisotopic (exact) mass is 281 g/mol. The largest absolute Gasteiger partial charge is 0.497 e. The summed E-state index contributed by atoms with van der Waals surface area (Å²) in [5, 5.41) is 0. The number of methoxy groups -OCH3 is 1. The fourth-order valence-electron chi connectivity index (χ4n) is 1.74. The number of hydrogen-bond acceptors (Lipinski definition) is 3. The van der Waals surface area contributed by atoms with Crippen LogP contribution in [0.2, 0.25) is 0 Å². The number of hydrogen-bond donors (Lipinski definition) is 0. The smallest absolute Gasteiger partial charge is 0.417 e. The number of aromatic nitrogens is 1. The zero-order valence-electron chi connectivity index (χ0n) is 10.4. The Morgan fingerprint density at radius 1 is 1.25 bits per heavy atom. The summed E-state index contributed by atoms with van der Waals surface area (Å²) in [5.41, 5.74) is -1.36. The highest BCUT2D eigenvalue weighted by molar-refractivity contribution is 6.10. The molecule has 2 rings (SSSR count). The Labute approximate surface area is 113 Å². The van der Waals surface area contributed by atoms with Crippen LogP contribution in [0.15, 0.2) is 42.7 Å². The first kappa shape index (κ1) is 14.0. The van der Waals surface area contributed by atoms with E-state index in [1.807, 2.05) is 0 Å². The molecule has 0 bridgehead atoms. The number of ketones is 1. The normalized spacial score (nSPS) is 11.2. The van der Waals surface area contributed by atoms with Gasteiger partial charge in [-0.2, -0.15) is 13.2 Å². The van der Waals surface area contributed by atoms with Gasteiger partial charge in [-0.3, -0.25) is 9.78 Å². The van der Waals surface area contributed by atoms with Gasteiger partial charge in [0.05, 0.1) is 12.7 Å². The van der Waals surface area contributed by atoms with Crippen LogP contribution in [-0.2, 0) is 6.18 Å². The van der Waals surface area contributed by atoms with Gasteiger partial charge in [0, 0.05) is 23.5 Å². The Morgan fingerprint density at radius 3 is 2.55 bits per heavy atom. The summed E-state index contributed by atoms with van der Waals surface area (Å²) < 4.78 is 43.7. The molecule has 0 aliphatic rings. The molecule has 104 valence electrons. The van der Waals surface area contributed by atoms with Crippen LogP contribution in [0.3, 0.4) is 0 Å². The average Bonchev–Trinajstić information content (AvgIpc) is 2.45. The molecule has 6 heteroatoms. The molecule has 0 unspecified atom stereocenters. The fraction of sp³-hybridized carbons (Fsp3) is 0.143. The van der Waals surface area contributed by atoms with E-state index < -0.39 is 23.1 Å². The summed E-state index contributed by atoms with van der Waals surface area (Å²) in [5.74, 6) is -0.561. The summed E-state index contributed by atoms with van der Waals surface area (Å²) in [6.07, 6.45) is -1.95. The molecule has 0 atom stereocenters. The number of ether oxygens (including phenoxy) is 1. The molecule has 0 fully saturated rings. The van der Waals surface area contributed by atoms with E-state index in [1.54, 1.807) is 0 Å². The molecule has 1 aromatic heterocycles. The van der Waals surface area contributed by atoms with Gasteiger partial charge in [-0.05, 0) is 30.3 Å². The zero-order chi connectivity index (χ0) is 14.8. The second-order valence-corrected chi connectivity index (χ2v) is 3.98. The van der Waals surface area contributed by atoms with E-state index in [4.69, 9.17) is 4.74 Å². The first-order valence-corrected chi connectivity index (χ1v) is 5.63. The Kier molecular flexibility index (Phi) is 3.74. The Bertz CT molecular complexity index is 624. The van der Waals surface area contributed by atoms with Gasteiger partial charge in [-0.15, -0.1) is 0 Å². The molecule has 0 aliphatic carbocycles. The van der Waals surface area contributed by atoms with Crippen LogP contribution < -0.4 is 4.74 Å². The van der Waals surface area contributed by atoms with E-state index >= 15 is 0 Å². The minimum atomic E-state index is -4.61. The van der Waals surface area contributed by atoms with Crippen LogP contribution in [-0.4, -0.2) is 17.9 Å². The van der Waals surface area contributed by atoms with Crippen molar-refractivity contribution in [2.75, 3.05) is 7.11 Å². The number of carbonyl (C=O) groups excluding carboxylic acids is 1. The molecule has 0 saturated heterocycles. The van der Waals surface area contributed by atoms with E-state index in [0.29, 0.717) is 0 Å². The van der Waals surface area contributed by atoms with Gasteiger partial charge in [0.15, 0.2) is 5.78 Å². The first-order valence-electron chi connectivity index (χ1n) is 5.63. The van der Waals surface area contributed by atoms with Crippen molar-refractivity contribution < 1.29 is 22.7 Å². The van der Waals surface area contributed by atoms with E-state index in [0.717, 1.165) is 12.1 Å². The lowest BCUT2D eigenvalue weighted by Crippen LogP contribution is -2.14. The van der Waals surface area contributed by atoms with Gasteiger partial charge >= 0.3 is 6.18 Å². The van der Waals surface area contributed by atoms with Crippen molar-refractivity contribution in [3.63, 3.8) is 0 Å². The number of nitrogens with zero attached hydrogens (tertiary/aromatic N) is 1. The predicted molar refractivity (Wildman–Crippen MR) is 65.7 cm³/mol. The SMILES string of the molecule is COc1ccc(C(F)(F)F)c(C(=O)c2cccnc2)c1. The predicted octanol–water partition coefficient (Wildman–Crippen LogP) is 3.34. The quantitative estimate of drug-likeness (QED) is 0.810. The molecule has 1 aromatic carbocycles. The highest BCUT2D eigenvalue weighted by Crippen LogP contribution is 2.34. The maximum Gasteiger partial charge on any atom is 0.417 e. The van der Waals surface area contributed by atoms with Crippen LogP contribution in [0, 0.1) is 0 Å². The number of benzene rings is 1. The van der Waals surface area contributed by atoms with Gasteiger partial charge in [0.1, 0.15) is 5.75 Å². The van der Waals surface area contributed by atoms with Gasteiger partial charge in [-0.25, -0.2) is 0 Å². The fourth-order valence-corrected chi connectivity index (χ4v) is 1.74. The molecular weight excluding hydrogens is 271 g/mol. The third kappa shape index (κ3) is 2.79. The van der Waals surface area contributed by atoms with Gasteiger partial charge in [-0.1, -0.05) is 0 Å². The molecule has 0 radical (unpaired) electrons. The molecule has 0 N–H and O–H groups in total. The van der Waals surface area contributed by atoms with Crippen LogP contribution in [0.1, 0.15) is 21.5 Å². The molecule has 0 spiro atoms. The molecule has 3 nitrogen and oxygen atoms in total. The van der Waals surface area contributed by atoms with Crippen LogP contribution in [0.25, 0.3) is 0 Å². The van der Waals surface area contributed by atoms with Crippen molar-refractivity contribution in [3.8, 4) is 5.75 Å². The highest BCUT2D eigenvalue weighted by Gasteiger charge is 2.35. The maximum absolute atomic E-state index is 13.0. The highest BCUT2D eigenvalue weighted by atomic mass is 19.4. The van der Waals surface area contributed by atoms with Crippen molar-refractivity contribution >= 4 is 5.78 Å². The summed E-state index contributed by atoms with van der Waals surface area (Å²) in [6, 6.07) is 5.99. The lowest BCUT2D eigenvalue weighted by molar-refractivity contribution is -0.137. The van der Waals surface area contributed by atoms with Crippen molar-refractivity contribution in [2.24, 2.45) is 0 Å².